The van der Waals surface area contributed by atoms with Crippen LogP contribution < -0.4 is 15.4 Å². The van der Waals surface area contributed by atoms with Gasteiger partial charge in [-0.2, -0.15) is 0 Å². The lowest BCUT2D eigenvalue weighted by Gasteiger charge is -2.14. The molecule has 1 aromatic heterocycles. The van der Waals surface area contributed by atoms with Gasteiger partial charge in [0, 0.05) is 23.0 Å². The normalized spacial score (nSPS) is 10.7. The van der Waals surface area contributed by atoms with Gasteiger partial charge < -0.3 is 25.2 Å². The van der Waals surface area contributed by atoms with Crippen LogP contribution in [0, 0.1) is 13.8 Å². The number of rotatable bonds is 7. The number of aryl methyl sites for hydroxylation is 1. The zero-order valence-corrected chi connectivity index (χ0v) is 22.2. The first-order valence-electron chi connectivity index (χ1n) is 11.9. The van der Waals surface area contributed by atoms with Crippen LogP contribution in [0.15, 0.2) is 66.7 Å². The summed E-state index contributed by atoms with van der Waals surface area (Å²) in [6.45, 7) is 5.71. The molecule has 0 fully saturated rings. The average Bonchev–Trinajstić information content (AvgIpc) is 3.22. The van der Waals surface area contributed by atoms with Crippen LogP contribution in [0.2, 0.25) is 5.15 Å². The number of ether oxygens (including phenoxy) is 2. The zero-order valence-electron chi connectivity index (χ0n) is 21.5. The average molecular weight is 534 g/mol. The summed E-state index contributed by atoms with van der Waals surface area (Å²) in [5.74, 6) is -0.259. The van der Waals surface area contributed by atoms with Gasteiger partial charge >= 0.3 is 12.0 Å². The Labute approximate surface area is 225 Å². The van der Waals surface area contributed by atoms with Crippen LogP contribution in [-0.2, 0) is 4.74 Å². The van der Waals surface area contributed by atoms with Gasteiger partial charge in [0.25, 0.3) is 0 Å². The lowest BCUT2D eigenvalue weighted by molar-refractivity contribution is 0.0518. The fraction of sp³-hybridized carbons (Fsp3) is 0.172. The first-order valence-corrected chi connectivity index (χ1v) is 12.3. The van der Waals surface area contributed by atoms with Gasteiger partial charge in [-0.15, -0.1) is 0 Å². The van der Waals surface area contributed by atoms with E-state index in [0.717, 1.165) is 16.7 Å². The minimum Gasteiger partial charge on any atom is -0.504 e. The molecule has 0 radical (unpaired) electrons. The molecular weight excluding hydrogens is 506 g/mol. The molecule has 0 bridgehead atoms. The smallest absolute Gasteiger partial charge is 0.357 e. The molecule has 0 atom stereocenters. The third-order valence-corrected chi connectivity index (χ3v) is 6.46. The summed E-state index contributed by atoms with van der Waals surface area (Å²) in [7, 11) is 1.49. The number of phenols is 1. The number of amides is 2. The van der Waals surface area contributed by atoms with Crippen molar-refractivity contribution in [2.75, 3.05) is 24.4 Å². The molecule has 196 valence electrons. The number of carbonyl (C=O) groups is 2. The largest absolute Gasteiger partial charge is 0.504 e. The molecule has 0 spiro atoms. The maximum atomic E-state index is 13.0. The number of para-hydroxylation sites is 1. The van der Waals surface area contributed by atoms with Crippen molar-refractivity contribution >= 4 is 35.0 Å². The Morgan fingerprint density at radius 2 is 1.66 bits per heavy atom. The lowest BCUT2D eigenvalue weighted by atomic mass is 10.0. The Hall–Kier alpha value is -4.43. The summed E-state index contributed by atoms with van der Waals surface area (Å²) in [4.78, 5) is 25.9. The number of methoxy groups -OCH3 is 1. The number of nitrogens with one attached hydrogen (secondary N) is 2. The number of anilines is 2. The number of aromatic nitrogens is 1. The van der Waals surface area contributed by atoms with Crippen LogP contribution in [0.25, 0.3) is 16.8 Å². The maximum absolute atomic E-state index is 13.0. The van der Waals surface area contributed by atoms with Gasteiger partial charge in [-0.05, 0) is 61.7 Å². The highest BCUT2D eigenvalue weighted by Crippen LogP contribution is 2.38. The van der Waals surface area contributed by atoms with Crippen LogP contribution in [0.4, 0.5) is 16.2 Å². The summed E-state index contributed by atoms with van der Waals surface area (Å²) in [5, 5.41) is 16.3. The fourth-order valence-electron chi connectivity index (χ4n) is 4.10. The van der Waals surface area contributed by atoms with Crippen LogP contribution in [-0.4, -0.2) is 35.4 Å². The first kappa shape index (κ1) is 26.6. The molecule has 4 aromatic rings. The molecule has 0 saturated carbocycles. The van der Waals surface area contributed by atoms with Crippen molar-refractivity contribution in [3.05, 3.63) is 88.7 Å². The fourth-order valence-corrected chi connectivity index (χ4v) is 4.39. The molecule has 0 aliphatic rings. The minimum absolute atomic E-state index is 0.0234. The van der Waals surface area contributed by atoms with E-state index in [1.807, 2.05) is 26.0 Å². The number of phenolic OH excluding ortho intramolecular Hbond substituents is 1. The van der Waals surface area contributed by atoms with Crippen molar-refractivity contribution in [1.82, 2.24) is 4.57 Å². The van der Waals surface area contributed by atoms with Crippen molar-refractivity contribution in [3.63, 3.8) is 0 Å². The van der Waals surface area contributed by atoms with Crippen LogP contribution in [0.1, 0.15) is 28.5 Å². The topological polar surface area (TPSA) is 102 Å². The first-order chi connectivity index (χ1) is 18.2. The van der Waals surface area contributed by atoms with Gasteiger partial charge in [0.05, 0.1) is 19.4 Å². The number of halogens is 1. The van der Waals surface area contributed by atoms with Crippen LogP contribution in [0.3, 0.4) is 0 Å². The molecule has 3 aromatic carbocycles. The minimum atomic E-state index is -0.643. The standard InChI is InChI=1S/C29H28ClN3O5/c1-5-38-28(35)26-23(32-29(36)31-22-10-6-8-17(2)18(22)3)16-25(30)33(26)20-14-12-19(13-15-20)21-9-7-11-24(37-4)27(21)34/h6-16,34H,5H2,1-4H3,(H2,31,32,36). The molecule has 0 unspecified atom stereocenters. The van der Waals surface area contributed by atoms with Crippen molar-refractivity contribution in [2.45, 2.75) is 20.8 Å². The van der Waals surface area contributed by atoms with Crippen molar-refractivity contribution in [1.29, 1.82) is 0 Å². The summed E-state index contributed by atoms with van der Waals surface area (Å²) < 4.78 is 12.0. The highest BCUT2D eigenvalue weighted by Gasteiger charge is 2.25. The summed E-state index contributed by atoms with van der Waals surface area (Å²) in [6, 6.07) is 18.9. The van der Waals surface area contributed by atoms with Crippen molar-refractivity contribution in [2.24, 2.45) is 0 Å². The van der Waals surface area contributed by atoms with Crippen molar-refractivity contribution < 1.29 is 24.2 Å². The Kier molecular flexibility index (Phi) is 7.93. The van der Waals surface area contributed by atoms with E-state index in [1.54, 1.807) is 55.5 Å². The summed E-state index contributed by atoms with van der Waals surface area (Å²) in [5.41, 5.74) is 4.79. The van der Waals surface area contributed by atoms with E-state index < -0.39 is 12.0 Å². The summed E-state index contributed by atoms with van der Waals surface area (Å²) >= 11 is 6.57. The molecule has 8 nitrogen and oxygen atoms in total. The van der Waals surface area contributed by atoms with E-state index in [1.165, 1.54) is 17.7 Å². The SMILES string of the molecule is CCOC(=O)c1c(NC(=O)Nc2cccc(C)c2C)cc(Cl)n1-c1ccc(-c2cccc(OC)c2O)cc1. The quantitative estimate of drug-likeness (QED) is 0.223. The third-order valence-electron chi connectivity index (χ3n) is 6.18. The molecule has 4 rings (SSSR count). The van der Waals surface area contributed by atoms with E-state index >= 15 is 0 Å². The van der Waals surface area contributed by atoms with E-state index in [2.05, 4.69) is 10.6 Å². The van der Waals surface area contributed by atoms with Gasteiger partial charge in [0.1, 0.15) is 5.15 Å². The molecule has 9 heteroatoms. The number of carbonyl (C=O) groups excluding carboxylic acids is 2. The highest BCUT2D eigenvalue weighted by molar-refractivity contribution is 6.31. The number of nitrogens with zero attached hydrogens (tertiary/aromatic N) is 1. The number of esters is 1. The molecule has 3 N–H and O–H groups in total. The second-order valence-electron chi connectivity index (χ2n) is 8.52. The predicted molar refractivity (Wildman–Crippen MR) is 149 cm³/mol. The molecule has 0 aliphatic heterocycles. The molecule has 38 heavy (non-hydrogen) atoms. The zero-order chi connectivity index (χ0) is 27.4. The number of hydrogen-bond acceptors (Lipinski definition) is 5. The van der Waals surface area contributed by atoms with Crippen LogP contribution in [0.5, 0.6) is 11.5 Å². The second kappa shape index (κ2) is 11.3. The number of urea groups is 1. The molecular formula is C29H28ClN3O5. The van der Waals surface area contributed by atoms with Crippen LogP contribution >= 0.6 is 11.6 Å². The van der Waals surface area contributed by atoms with E-state index in [9.17, 15) is 14.7 Å². The number of hydrogen-bond donors (Lipinski definition) is 3. The lowest BCUT2D eigenvalue weighted by Crippen LogP contribution is -2.22. The van der Waals surface area contributed by atoms with E-state index in [-0.39, 0.29) is 28.9 Å². The molecule has 1 heterocycles. The molecule has 0 saturated heterocycles. The molecule has 2 amide bonds. The highest BCUT2D eigenvalue weighted by atomic mass is 35.5. The maximum Gasteiger partial charge on any atom is 0.357 e. The summed E-state index contributed by atoms with van der Waals surface area (Å²) in [6.07, 6.45) is 0. The predicted octanol–water partition coefficient (Wildman–Crippen LogP) is 6.95. The Morgan fingerprint density at radius 3 is 2.34 bits per heavy atom. The van der Waals surface area contributed by atoms with Gasteiger partial charge in [-0.1, -0.05) is 48.0 Å². The number of aromatic hydroxyl groups is 1. The molecule has 0 aliphatic carbocycles. The van der Waals surface area contributed by atoms with Gasteiger partial charge in [-0.25, -0.2) is 9.59 Å². The Bertz CT molecular complexity index is 1500. The third kappa shape index (κ3) is 5.31. The van der Waals surface area contributed by atoms with E-state index in [0.29, 0.717) is 22.7 Å². The Morgan fingerprint density at radius 1 is 0.974 bits per heavy atom. The van der Waals surface area contributed by atoms with Gasteiger partial charge in [0.2, 0.25) is 0 Å². The Balaban J connectivity index is 1.69. The monoisotopic (exact) mass is 533 g/mol. The number of benzene rings is 3. The second-order valence-corrected chi connectivity index (χ2v) is 8.90. The van der Waals surface area contributed by atoms with E-state index in [4.69, 9.17) is 21.1 Å². The van der Waals surface area contributed by atoms with Crippen molar-refractivity contribution in [3.8, 4) is 28.3 Å². The van der Waals surface area contributed by atoms with Gasteiger partial charge in [0.15, 0.2) is 17.2 Å². The van der Waals surface area contributed by atoms with Gasteiger partial charge in [-0.3, -0.25) is 4.57 Å².